The molecule has 0 aromatic heterocycles. The first-order valence-corrected chi connectivity index (χ1v) is 9.69. The van der Waals surface area contributed by atoms with Gasteiger partial charge in [-0.2, -0.15) is 0 Å². The molecule has 140 valence electrons. The van der Waals surface area contributed by atoms with E-state index in [-0.39, 0.29) is 10.8 Å². The second kappa shape index (κ2) is 8.07. The zero-order chi connectivity index (χ0) is 19.5. The number of aryl methyl sites for hydroxylation is 1. The first kappa shape index (κ1) is 20.2. The van der Waals surface area contributed by atoms with Crippen LogP contribution in [0.2, 0.25) is 5.02 Å². The lowest BCUT2D eigenvalue weighted by atomic mass is 10.2. The van der Waals surface area contributed by atoms with E-state index < -0.39 is 16.1 Å². The Morgan fingerprint density at radius 1 is 1.15 bits per heavy atom. The van der Waals surface area contributed by atoms with E-state index in [4.69, 9.17) is 16.3 Å². The number of hydrogen-bond acceptors (Lipinski definition) is 4. The summed E-state index contributed by atoms with van der Waals surface area (Å²) in [5.74, 6) is 0.0625. The molecule has 2 aromatic rings. The number of sulfonamides is 1. The Labute approximate surface area is 158 Å². The van der Waals surface area contributed by atoms with Crippen molar-refractivity contribution in [2.45, 2.75) is 24.8 Å². The van der Waals surface area contributed by atoms with Crippen LogP contribution in [0.3, 0.4) is 0 Å². The van der Waals surface area contributed by atoms with Gasteiger partial charge in [0.25, 0.3) is 5.91 Å². The van der Waals surface area contributed by atoms with Crippen molar-refractivity contribution >= 4 is 33.2 Å². The Morgan fingerprint density at radius 2 is 1.77 bits per heavy atom. The molecule has 26 heavy (non-hydrogen) atoms. The molecule has 0 heterocycles. The van der Waals surface area contributed by atoms with Crippen LogP contribution in [0.5, 0.6) is 5.75 Å². The lowest BCUT2D eigenvalue weighted by Crippen LogP contribution is -2.30. The lowest BCUT2D eigenvalue weighted by molar-refractivity contribution is -0.122. The Hall–Kier alpha value is -2.09. The molecule has 1 unspecified atom stereocenters. The molecule has 1 N–H and O–H groups in total. The molecule has 0 saturated heterocycles. The second-order valence-corrected chi connectivity index (χ2v) is 8.55. The Bertz CT molecular complexity index is 896. The maximum Gasteiger partial charge on any atom is 0.265 e. The lowest BCUT2D eigenvalue weighted by Gasteiger charge is -2.16. The van der Waals surface area contributed by atoms with Gasteiger partial charge in [-0.25, -0.2) is 12.7 Å². The van der Waals surface area contributed by atoms with Gasteiger partial charge in [0, 0.05) is 19.8 Å². The topological polar surface area (TPSA) is 75.7 Å². The van der Waals surface area contributed by atoms with Crippen LogP contribution >= 0.6 is 11.6 Å². The molecule has 0 fully saturated rings. The average Bonchev–Trinajstić information content (AvgIpc) is 2.58. The second-order valence-electron chi connectivity index (χ2n) is 6.00. The minimum atomic E-state index is -3.51. The number of rotatable bonds is 6. The van der Waals surface area contributed by atoms with Gasteiger partial charge < -0.3 is 10.1 Å². The van der Waals surface area contributed by atoms with Gasteiger partial charge in [0.15, 0.2) is 6.10 Å². The van der Waals surface area contributed by atoms with Crippen LogP contribution < -0.4 is 10.1 Å². The number of carbonyl (C=O) groups excluding carboxylic acids is 1. The van der Waals surface area contributed by atoms with Crippen LogP contribution in [0.15, 0.2) is 47.4 Å². The van der Waals surface area contributed by atoms with E-state index in [9.17, 15) is 13.2 Å². The Balaban J connectivity index is 2.06. The molecule has 0 aliphatic rings. The highest BCUT2D eigenvalue weighted by Gasteiger charge is 2.19. The number of nitrogens with one attached hydrogen (secondary N) is 1. The summed E-state index contributed by atoms with van der Waals surface area (Å²) in [4.78, 5) is 12.4. The third kappa shape index (κ3) is 4.75. The maximum atomic E-state index is 12.3. The van der Waals surface area contributed by atoms with E-state index in [1.807, 2.05) is 13.0 Å². The summed E-state index contributed by atoms with van der Waals surface area (Å²) in [6, 6.07) is 11.3. The summed E-state index contributed by atoms with van der Waals surface area (Å²) in [5.41, 5.74) is 1.44. The van der Waals surface area contributed by atoms with Gasteiger partial charge in [0.2, 0.25) is 10.0 Å². The first-order chi connectivity index (χ1) is 12.1. The van der Waals surface area contributed by atoms with Crippen molar-refractivity contribution < 1.29 is 17.9 Å². The van der Waals surface area contributed by atoms with Crippen molar-refractivity contribution in [3.63, 3.8) is 0 Å². The number of nitrogens with zero attached hydrogens (tertiary/aromatic N) is 1. The molecular formula is C18H21ClN2O4S. The highest BCUT2D eigenvalue weighted by atomic mass is 35.5. The summed E-state index contributed by atoms with van der Waals surface area (Å²) in [7, 11) is -0.589. The fourth-order valence-corrected chi connectivity index (χ4v) is 3.17. The molecular weight excluding hydrogens is 376 g/mol. The zero-order valence-electron chi connectivity index (χ0n) is 15.0. The summed E-state index contributed by atoms with van der Waals surface area (Å²) in [6.07, 6.45) is -0.778. The van der Waals surface area contributed by atoms with Crippen molar-refractivity contribution in [1.29, 1.82) is 0 Å². The van der Waals surface area contributed by atoms with Gasteiger partial charge in [0.1, 0.15) is 5.75 Å². The summed E-state index contributed by atoms with van der Waals surface area (Å²) in [6.45, 7) is 3.51. The zero-order valence-corrected chi connectivity index (χ0v) is 16.6. The number of ether oxygens (including phenoxy) is 1. The largest absolute Gasteiger partial charge is 0.479 e. The summed E-state index contributed by atoms with van der Waals surface area (Å²) >= 11 is 6.07. The van der Waals surface area contributed by atoms with Crippen LogP contribution in [-0.4, -0.2) is 38.8 Å². The number of halogens is 1. The van der Waals surface area contributed by atoms with Crippen LogP contribution in [0.4, 0.5) is 5.69 Å². The third-order valence-electron chi connectivity index (χ3n) is 3.66. The van der Waals surface area contributed by atoms with Gasteiger partial charge in [-0.3, -0.25) is 4.79 Å². The molecule has 2 rings (SSSR count). The quantitative estimate of drug-likeness (QED) is 0.812. The van der Waals surface area contributed by atoms with Crippen molar-refractivity contribution in [3.05, 3.63) is 53.1 Å². The van der Waals surface area contributed by atoms with Gasteiger partial charge in [0.05, 0.1) is 9.92 Å². The molecule has 1 atom stereocenters. The van der Waals surface area contributed by atoms with Gasteiger partial charge in [-0.15, -0.1) is 0 Å². The number of carbonyl (C=O) groups is 1. The molecule has 0 aliphatic carbocycles. The molecule has 0 bridgehead atoms. The molecule has 1 amide bonds. The predicted molar refractivity (Wildman–Crippen MR) is 102 cm³/mol. The van der Waals surface area contributed by atoms with E-state index in [1.165, 1.54) is 38.4 Å². The van der Waals surface area contributed by atoms with Gasteiger partial charge in [-0.05, 0) is 55.8 Å². The minimum absolute atomic E-state index is 0.149. The van der Waals surface area contributed by atoms with E-state index in [0.29, 0.717) is 16.5 Å². The van der Waals surface area contributed by atoms with E-state index in [1.54, 1.807) is 19.1 Å². The number of hydrogen-bond donors (Lipinski definition) is 1. The number of benzene rings is 2. The number of anilines is 1. The van der Waals surface area contributed by atoms with Gasteiger partial charge >= 0.3 is 0 Å². The SMILES string of the molecule is Cc1ccc(Cl)c(OC(C)C(=O)Nc2ccc(S(=O)(=O)N(C)C)cc2)c1. The van der Waals surface area contributed by atoms with Crippen LogP contribution in [0.1, 0.15) is 12.5 Å². The highest BCUT2D eigenvalue weighted by Crippen LogP contribution is 2.26. The monoisotopic (exact) mass is 396 g/mol. The highest BCUT2D eigenvalue weighted by molar-refractivity contribution is 7.89. The Kier molecular flexibility index (Phi) is 6.28. The molecule has 8 heteroatoms. The van der Waals surface area contributed by atoms with Crippen molar-refractivity contribution in [2.75, 3.05) is 19.4 Å². The van der Waals surface area contributed by atoms with E-state index in [2.05, 4.69) is 5.32 Å². The van der Waals surface area contributed by atoms with Crippen molar-refractivity contribution in [1.82, 2.24) is 4.31 Å². The third-order valence-corrected chi connectivity index (χ3v) is 5.80. The summed E-state index contributed by atoms with van der Waals surface area (Å²) in [5, 5.41) is 3.11. The smallest absolute Gasteiger partial charge is 0.265 e. The fraction of sp³-hybridized carbons (Fsp3) is 0.278. The summed E-state index contributed by atoms with van der Waals surface area (Å²) < 4.78 is 30.8. The van der Waals surface area contributed by atoms with Crippen LogP contribution in [-0.2, 0) is 14.8 Å². The molecule has 0 radical (unpaired) electrons. The van der Waals surface area contributed by atoms with Crippen LogP contribution in [0.25, 0.3) is 0 Å². The molecule has 0 saturated carbocycles. The van der Waals surface area contributed by atoms with E-state index >= 15 is 0 Å². The van der Waals surface area contributed by atoms with E-state index in [0.717, 1.165) is 9.87 Å². The average molecular weight is 397 g/mol. The minimum Gasteiger partial charge on any atom is -0.479 e. The van der Waals surface area contributed by atoms with Crippen molar-refractivity contribution in [3.8, 4) is 5.75 Å². The first-order valence-electron chi connectivity index (χ1n) is 7.87. The molecule has 0 aliphatic heterocycles. The molecule has 0 spiro atoms. The van der Waals surface area contributed by atoms with Crippen molar-refractivity contribution in [2.24, 2.45) is 0 Å². The molecule has 2 aromatic carbocycles. The molecule has 6 nitrogen and oxygen atoms in total. The normalized spacial score (nSPS) is 12.7. The number of amides is 1. The maximum absolute atomic E-state index is 12.3. The fourth-order valence-electron chi connectivity index (χ4n) is 2.11. The Morgan fingerprint density at radius 3 is 2.35 bits per heavy atom. The predicted octanol–water partition coefficient (Wildman–Crippen LogP) is 3.30. The van der Waals surface area contributed by atoms with Crippen LogP contribution in [0, 0.1) is 6.92 Å². The van der Waals surface area contributed by atoms with Gasteiger partial charge in [-0.1, -0.05) is 17.7 Å². The standard InChI is InChI=1S/C18H21ClN2O4S/c1-12-5-10-16(19)17(11-12)25-13(2)18(22)20-14-6-8-15(9-7-14)26(23,24)21(3)4/h5-11,13H,1-4H3,(H,20,22).